The van der Waals surface area contributed by atoms with Crippen LogP contribution in [0.2, 0.25) is 0 Å². The summed E-state index contributed by atoms with van der Waals surface area (Å²) in [6, 6.07) is 6.77. The maximum atomic E-state index is 12.7. The summed E-state index contributed by atoms with van der Waals surface area (Å²) in [4.78, 5) is 14.9. The predicted molar refractivity (Wildman–Crippen MR) is 91.8 cm³/mol. The average molecular weight is 363 g/mol. The van der Waals surface area contributed by atoms with E-state index in [0.717, 1.165) is 24.8 Å². The van der Waals surface area contributed by atoms with E-state index in [-0.39, 0.29) is 16.5 Å². The van der Waals surface area contributed by atoms with E-state index in [1.54, 1.807) is 35.9 Å². The third-order valence-corrected chi connectivity index (χ3v) is 6.24. The van der Waals surface area contributed by atoms with Gasteiger partial charge in [-0.3, -0.25) is 0 Å². The fourth-order valence-electron chi connectivity index (χ4n) is 3.18. The number of aromatic carboxylic acids is 1. The third-order valence-electron chi connectivity index (χ3n) is 4.49. The van der Waals surface area contributed by atoms with E-state index in [9.17, 15) is 13.2 Å². The van der Waals surface area contributed by atoms with Crippen molar-refractivity contribution in [3.8, 4) is 0 Å². The number of hydrogen-bond donors (Lipinski definition) is 1. The number of imidazole rings is 1. The minimum absolute atomic E-state index is 0.0847. The topological polar surface area (TPSA) is 92.5 Å². The lowest BCUT2D eigenvalue weighted by molar-refractivity contribution is 0.0697. The van der Waals surface area contributed by atoms with Crippen LogP contribution in [-0.2, 0) is 23.5 Å². The number of piperidine rings is 1. The molecule has 1 aromatic heterocycles. The largest absolute Gasteiger partial charge is 0.478 e. The molecule has 0 aliphatic carbocycles. The van der Waals surface area contributed by atoms with Gasteiger partial charge >= 0.3 is 5.97 Å². The minimum Gasteiger partial charge on any atom is -0.478 e. The lowest BCUT2D eigenvalue weighted by atomic mass is 9.92. The molecule has 7 nitrogen and oxygen atoms in total. The molecule has 0 bridgehead atoms. The Morgan fingerprint density at radius 2 is 2.04 bits per heavy atom. The number of carboxylic acid groups (broad SMARTS) is 1. The first-order chi connectivity index (χ1) is 11.9. The molecule has 0 saturated carbocycles. The second-order valence-corrected chi connectivity index (χ2v) is 8.34. The van der Waals surface area contributed by atoms with Gasteiger partial charge in [0.15, 0.2) is 5.03 Å². The lowest BCUT2D eigenvalue weighted by Gasteiger charge is -2.31. The number of nitrogens with zero attached hydrogens (tertiary/aromatic N) is 3. The summed E-state index contributed by atoms with van der Waals surface area (Å²) in [7, 11) is -1.82. The van der Waals surface area contributed by atoms with Crippen molar-refractivity contribution in [3.63, 3.8) is 0 Å². The van der Waals surface area contributed by atoms with Crippen LogP contribution in [0.5, 0.6) is 0 Å². The number of benzene rings is 1. The van der Waals surface area contributed by atoms with Crippen LogP contribution >= 0.6 is 0 Å². The van der Waals surface area contributed by atoms with Crippen LogP contribution in [0, 0.1) is 5.92 Å². The molecule has 3 rings (SSSR count). The van der Waals surface area contributed by atoms with Gasteiger partial charge in [-0.15, -0.1) is 0 Å². The fourth-order valence-corrected chi connectivity index (χ4v) is 4.70. The molecule has 0 radical (unpaired) electrons. The van der Waals surface area contributed by atoms with Crippen LogP contribution in [0.25, 0.3) is 0 Å². The highest BCUT2D eigenvalue weighted by molar-refractivity contribution is 7.89. The van der Waals surface area contributed by atoms with Gasteiger partial charge in [0.25, 0.3) is 10.0 Å². The van der Waals surface area contributed by atoms with E-state index >= 15 is 0 Å². The predicted octanol–water partition coefficient (Wildman–Crippen LogP) is 1.76. The van der Waals surface area contributed by atoms with Crippen LogP contribution in [0.15, 0.2) is 41.8 Å². The zero-order valence-electron chi connectivity index (χ0n) is 14.0. The van der Waals surface area contributed by atoms with E-state index in [2.05, 4.69) is 4.98 Å². The Balaban J connectivity index is 1.69. The van der Waals surface area contributed by atoms with Crippen molar-refractivity contribution in [3.05, 3.63) is 47.9 Å². The van der Waals surface area contributed by atoms with Crippen LogP contribution in [0.1, 0.15) is 28.8 Å². The Labute approximate surface area is 147 Å². The molecule has 1 aliphatic heterocycles. The summed E-state index contributed by atoms with van der Waals surface area (Å²) >= 11 is 0. The Bertz CT molecular complexity index is 858. The average Bonchev–Trinajstić information content (AvgIpc) is 3.03. The quantitative estimate of drug-likeness (QED) is 0.874. The molecule has 1 aromatic carbocycles. The van der Waals surface area contributed by atoms with E-state index in [1.165, 1.54) is 16.8 Å². The van der Waals surface area contributed by atoms with Gasteiger partial charge in [-0.2, -0.15) is 4.31 Å². The molecule has 1 N–H and O–H groups in total. The highest BCUT2D eigenvalue weighted by Gasteiger charge is 2.31. The molecular formula is C17H21N3O4S. The zero-order chi connectivity index (χ0) is 18.0. The van der Waals surface area contributed by atoms with Crippen LogP contribution < -0.4 is 0 Å². The Morgan fingerprint density at radius 1 is 1.32 bits per heavy atom. The van der Waals surface area contributed by atoms with Crippen molar-refractivity contribution in [1.29, 1.82) is 0 Å². The second-order valence-electron chi connectivity index (χ2n) is 6.45. The van der Waals surface area contributed by atoms with E-state index in [4.69, 9.17) is 5.11 Å². The minimum atomic E-state index is -3.56. The van der Waals surface area contributed by atoms with Crippen LogP contribution in [-0.4, -0.2) is 46.4 Å². The Hall–Kier alpha value is -2.19. The van der Waals surface area contributed by atoms with Gasteiger partial charge in [0.05, 0.1) is 11.9 Å². The first-order valence-corrected chi connectivity index (χ1v) is 9.60. The van der Waals surface area contributed by atoms with Gasteiger partial charge < -0.3 is 9.67 Å². The van der Waals surface area contributed by atoms with Crippen molar-refractivity contribution >= 4 is 16.0 Å². The SMILES string of the molecule is Cn1cnc(S(=O)(=O)N2CCC[C@@H](Cc3ccc(C(=O)O)cc3)C2)c1. The summed E-state index contributed by atoms with van der Waals surface area (Å²) in [5.74, 6) is -0.736. The number of aryl methyl sites for hydroxylation is 1. The molecule has 25 heavy (non-hydrogen) atoms. The third kappa shape index (κ3) is 3.91. The van der Waals surface area contributed by atoms with E-state index < -0.39 is 16.0 Å². The van der Waals surface area contributed by atoms with E-state index in [0.29, 0.717) is 13.1 Å². The monoisotopic (exact) mass is 363 g/mol. The second kappa shape index (κ2) is 6.97. The molecule has 1 saturated heterocycles. The standard InChI is InChI=1S/C17H21N3O4S/c1-19-11-16(18-12-19)25(23,24)20-8-2-3-14(10-20)9-13-4-6-15(7-5-13)17(21)22/h4-7,11-12,14H,2-3,8-10H2,1H3,(H,21,22)/t14-/m0/s1. The zero-order valence-corrected chi connectivity index (χ0v) is 14.8. The van der Waals surface area contributed by atoms with Crippen molar-refractivity contribution in [2.75, 3.05) is 13.1 Å². The first kappa shape index (κ1) is 17.6. The molecule has 0 amide bonds. The molecule has 2 aromatic rings. The van der Waals surface area contributed by atoms with Crippen molar-refractivity contribution < 1.29 is 18.3 Å². The molecule has 134 valence electrons. The van der Waals surface area contributed by atoms with E-state index in [1.807, 2.05) is 0 Å². The molecule has 8 heteroatoms. The van der Waals surface area contributed by atoms with Gasteiger partial charge in [-0.1, -0.05) is 12.1 Å². The number of sulfonamides is 1. The van der Waals surface area contributed by atoms with Crippen LogP contribution in [0.4, 0.5) is 0 Å². The molecule has 1 atom stereocenters. The molecule has 1 aliphatic rings. The summed E-state index contributed by atoms with van der Waals surface area (Å²) in [5, 5.41) is 9.04. The Morgan fingerprint density at radius 3 is 2.64 bits per heavy atom. The van der Waals surface area contributed by atoms with Gasteiger partial charge in [0, 0.05) is 26.3 Å². The molecular weight excluding hydrogens is 342 g/mol. The molecule has 1 fully saturated rings. The summed E-state index contributed by atoms with van der Waals surface area (Å²) in [6.45, 7) is 0.965. The maximum Gasteiger partial charge on any atom is 0.335 e. The first-order valence-electron chi connectivity index (χ1n) is 8.16. The Kier molecular flexibility index (Phi) is 4.91. The summed E-state index contributed by atoms with van der Waals surface area (Å²) < 4.78 is 28.5. The van der Waals surface area contributed by atoms with Gasteiger partial charge in [0.1, 0.15) is 0 Å². The molecule has 0 unspecified atom stereocenters. The van der Waals surface area contributed by atoms with Crippen molar-refractivity contribution in [2.24, 2.45) is 13.0 Å². The van der Waals surface area contributed by atoms with Crippen molar-refractivity contribution in [1.82, 2.24) is 13.9 Å². The number of carboxylic acids is 1. The highest BCUT2D eigenvalue weighted by atomic mass is 32.2. The summed E-state index contributed by atoms with van der Waals surface area (Å²) in [5.41, 5.74) is 1.28. The number of carbonyl (C=O) groups is 1. The van der Waals surface area contributed by atoms with Gasteiger partial charge in [-0.05, 0) is 42.9 Å². The van der Waals surface area contributed by atoms with Crippen molar-refractivity contribution in [2.45, 2.75) is 24.3 Å². The number of aromatic nitrogens is 2. The maximum absolute atomic E-state index is 12.7. The number of rotatable bonds is 5. The van der Waals surface area contributed by atoms with Gasteiger partial charge in [-0.25, -0.2) is 18.2 Å². The highest BCUT2D eigenvalue weighted by Crippen LogP contribution is 2.25. The smallest absolute Gasteiger partial charge is 0.335 e. The molecule has 0 spiro atoms. The molecule has 2 heterocycles. The van der Waals surface area contributed by atoms with Gasteiger partial charge in [0.2, 0.25) is 0 Å². The number of hydrogen-bond acceptors (Lipinski definition) is 4. The fraction of sp³-hybridized carbons (Fsp3) is 0.412. The normalized spacial score (nSPS) is 19.0. The van der Waals surface area contributed by atoms with Crippen LogP contribution in [0.3, 0.4) is 0 Å². The summed E-state index contributed by atoms with van der Waals surface area (Å²) in [6.07, 6.45) is 5.49. The lowest BCUT2D eigenvalue weighted by Crippen LogP contribution is -2.40.